The molecule has 0 amide bonds. The Bertz CT molecular complexity index is 64.0. The van der Waals surface area contributed by atoms with E-state index in [2.05, 4.69) is 0 Å². The summed E-state index contributed by atoms with van der Waals surface area (Å²) in [6.07, 6.45) is 0. The summed E-state index contributed by atoms with van der Waals surface area (Å²) in [4.78, 5) is 9.57. The van der Waals surface area contributed by atoms with E-state index >= 15 is 0 Å². The van der Waals surface area contributed by atoms with Crippen LogP contribution in [-0.2, 0) is 27.2 Å². The minimum Gasteiger partial charge on any atom is -0.480 e. The van der Waals surface area contributed by atoms with Crippen LogP contribution < -0.4 is 5.73 Å². The third-order valence-corrected chi connectivity index (χ3v) is 0.390. The number of hydrogen-bond acceptors (Lipinski definition) is 2. The number of carbonyl (C=O) groups is 1. The van der Waals surface area contributed by atoms with E-state index in [1.54, 1.807) is 0 Å². The Labute approximate surface area is 57.4 Å². The van der Waals surface area contributed by atoms with Crippen LogP contribution in [0.4, 0.5) is 0 Å². The molecule has 0 saturated carbocycles. The SMILES string of the molecule is C[C@@H](N)C(=O)O.[Ag]. The topological polar surface area (TPSA) is 63.3 Å². The minimum absolute atomic E-state index is 0. The van der Waals surface area contributed by atoms with E-state index in [1.165, 1.54) is 6.92 Å². The molecule has 1 atom stereocenters. The quantitative estimate of drug-likeness (QED) is 0.552. The first kappa shape index (κ1) is 10.2. The predicted molar refractivity (Wildman–Crippen MR) is 21.3 cm³/mol. The molecule has 0 saturated heterocycles. The van der Waals surface area contributed by atoms with Crippen molar-refractivity contribution >= 4 is 5.97 Å². The van der Waals surface area contributed by atoms with Gasteiger partial charge in [0.2, 0.25) is 0 Å². The Morgan fingerprint density at radius 3 is 2.00 bits per heavy atom. The summed E-state index contributed by atoms with van der Waals surface area (Å²) in [6.45, 7) is 1.42. The van der Waals surface area contributed by atoms with Crippen molar-refractivity contribution in [2.24, 2.45) is 5.73 Å². The normalized spacial score (nSPS) is 11.7. The second kappa shape index (κ2) is 4.33. The van der Waals surface area contributed by atoms with Crippen LogP contribution >= 0.6 is 0 Å². The number of hydrogen-bond donors (Lipinski definition) is 2. The van der Waals surface area contributed by atoms with Crippen LogP contribution in [0.3, 0.4) is 0 Å². The first-order valence-electron chi connectivity index (χ1n) is 1.63. The molecule has 0 bridgehead atoms. The largest absolute Gasteiger partial charge is 0.480 e. The van der Waals surface area contributed by atoms with E-state index < -0.39 is 12.0 Å². The zero-order valence-electron chi connectivity index (χ0n) is 3.81. The Kier molecular flexibility index (Phi) is 6.32. The molecule has 0 spiro atoms. The molecular weight excluding hydrogens is 190 g/mol. The maximum Gasteiger partial charge on any atom is 0.320 e. The van der Waals surface area contributed by atoms with Gasteiger partial charge in [0.05, 0.1) is 0 Å². The average Bonchev–Trinajstić information content (AvgIpc) is 1.36. The van der Waals surface area contributed by atoms with Gasteiger partial charge in [-0.1, -0.05) is 0 Å². The van der Waals surface area contributed by atoms with E-state index in [1.807, 2.05) is 0 Å². The third kappa shape index (κ3) is 6.17. The molecule has 0 aliphatic rings. The third-order valence-electron chi connectivity index (χ3n) is 0.390. The zero-order chi connectivity index (χ0) is 5.15. The second-order valence-corrected chi connectivity index (χ2v) is 1.13. The van der Waals surface area contributed by atoms with Gasteiger partial charge in [-0.25, -0.2) is 0 Å². The minimum atomic E-state index is -0.963. The summed E-state index contributed by atoms with van der Waals surface area (Å²) < 4.78 is 0. The molecule has 0 aromatic carbocycles. The van der Waals surface area contributed by atoms with Gasteiger partial charge in [-0.15, -0.1) is 0 Å². The van der Waals surface area contributed by atoms with Crippen molar-refractivity contribution in [1.29, 1.82) is 0 Å². The number of carboxylic acids is 1. The number of aliphatic carboxylic acids is 1. The molecule has 0 heterocycles. The van der Waals surface area contributed by atoms with Crippen molar-refractivity contribution < 1.29 is 32.3 Å². The summed E-state index contributed by atoms with van der Waals surface area (Å²) >= 11 is 0. The molecule has 0 fully saturated rings. The molecule has 0 aliphatic carbocycles. The molecule has 0 aromatic heterocycles. The number of nitrogens with two attached hydrogens (primary N) is 1. The van der Waals surface area contributed by atoms with Crippen molar-refractivity contribution in [3.63, 3.8) is 0 Å². The van der Waals surface area contributed by atoms with Crippen LogP contribution in [0.2, 0.25) is 0 Å². The summed E-state index contributed by atoms with van der Waals surface area (Å²) in [6, 6.07) is -0.731. The number of carboxylic acid groups (broad SMARTS) is 1. The Balaban J connectivity index is 0. The Morgan fingerprint density at radius 2 is 2.00 bits per heavy atom. The van der Waals surface area contributed by atoms with Gasteiger partial charge in [0.15, 0.2) is 0 Å². The van der Waals surface area contributed by atoms with E-state index in [4.69, 9.17) is 10.8 Å². The monoisotopic (exact) mass is 196 g/mol. The molecule has 47 valence electrons. The van der Waals surface area contributed by atoms with E-state index in [0.717, 1.165) is 0 Å². The summed E-state index contributed by atoms with van der Waals surface area (Å²) in [7, 11) is 0. The maximum atomic E-state index is 9.57. The molecule has 0 aliphatic heterocycles. The fraction of sp³-hybridized carbons (Fsp3) is 0.667. The van der Waals surface area contributed by atoms with Crippen molar-refractivity contribution in [2.75, 3.05) is 0 Å². The van der Waals surface area contributed by atoms with Crippen molar-refractivity contribution in [2.45, 2.75) is 13.0 Å². The zero-order valence-corrected chi connectivity index (χ0v) is 5.29. The fourth-order valence-corrected chi connectivity index (χ4v) is 0. The molecule has 3 nitrogen and oxygen atoms in total. The molecule has 0 unspecified atom stereocenters. The van der Waals surface area contributed by atoms with E-state index in [0.29, 0.717) is 0 Å². The van der Waals surface area contributed by atoms with Gasteiger partial charge in [0.1, 0.15) is 6.04 Å². The van der Waals surface area contributed by atoms with Crippen molar-refractivity contribution in [3.05, 3.63) is 0 Å². The predicted octanol–water partition coefficient (Wildman–Crippen LogP) is -0.584. The summed E-state index contributed by atoms with van der Waals surface area (Å²) in [5, 5.41) is 7.87. The molecule has 3 N–H and O–H groups in total. The van der Waals surface area contributed by atoms with Gasteiger partial charge >= 0.3 is 5.97 Å². The van der Waals surface area contributed by atoms with Crippen LogP contribution in [0.25, 0.3) is 0 Å². The molecule has 0 rings (SSSR count). The first-order valence-corrected chi connectivity index (χ1v) is 1.63. The van der Waals surface area contributed by atoms with Crippen LogP contribution in [0.1, 0.15) is 6.92 Å². The van der Waals surface area contributed by atoms with Gasteiger partial charge in [-0.2, -0.15) is 0 Å². The van der Waals surface area contributed by atoms with Crippen LogP contribution in [0, 0.1) is 0 Å². The molecule has 0 aromatic rings. The molecule has 4 heteroatoms. The Morgan fingerprint density at radius 1 is 1.86 bits per heavy atom. The van der Waals surface area contributed by atoms with E-state index in [-0.39, 0.29) is 22.4 Å². The van der Waals surface area contributed by atoms with Gasteiger partial charge in [0.25, 0.3) is 0 Å². The van der Waals surface area contributed by atoms with Crippen molar-refractivity contribution in [3.8, 4) is 0 Å². The van der Waals surface area contributed by atoms with E-state index in [9.17, 15) is 4.79 Å². The van der Waals surface area contributed by atoms with Gasteiger partial charge in [0, 0.05) is 22.4 Å². The van der Waals surface area contributed by atoms with Gasteiger partial charge < -0.3 is 10.8 Å². The molecule has 1 radical (unpaired) electrons. The van der Waals surface area contributed by atoms with Gasteiger partial charge in [-0.05, 0) is 6.92 Å². The average molecular weight is 197 g/mol. The van der Waals surface area contributed by atoms with Crippen LogP contribution in [0.15, 0.2) is 0 Å². The van der Waals surface area contributed by atoms with Gasteiger partial charge in [-0.3, -0.25) is 4.79 Å². The van der Waals surface area contributed by atoms with Crippen LogP contribution in [0.5, 0.6) is 0 Å². The first-order chi connectivity index (χ1) is 2.64. The summed E-state index contributed by atoms with van der Waals surface area (Å²) in [5.41, 5.74) is 4.84. The number of rotatable bonds is 1. The second-order valence-electron chi connectivity index (χ2n) is 1.13. The standard InChI is InChI=1S/C3H7NO2.Ag/c1-2(4)3(5)6;/h2H,4H2,1H3,(H,5,6);/t2-;/m1./s1. The van der Waals surface area contributed by atoms with Crippen molar-refractivity contribution in [1.82, 2.24) is 0 Å². The Hall–Kier alpha value is 0.170. The van der Waals surface area contributed by atoms with Crippen LogP contribution in [-0.4, -0.2) is 17.1 Å². The molecule has 7 heavy (non-hydrogen) atoms. The maximum absolute atomic E-state index is 9.57. The smallest absolute Gasteiger partial charge is 0.320 e. The molecular formula is C3H7AgNO2. The summed E-state index contributed by atoms with van der Waals surface area (Å²) in [5.74, 6) is -0.963. The fourth-order valence-electron chi connectivity index (χ4n) is 0.